The highest BCUT2D eigenvalue weighted by Crippen LogP contribution is 2.20. The van der Waals surface area contributed by atoms with Crippen molar-refractivity contribution in [1.82, 2.24) is 10.2 Å². The Kier molecular flexibility index (Phi) is 9.63. The molecule has 0 bridgehead atoms. The molecule has 1 aliphatic rings. The number of rotatable bonds is 10. The fourth-order valence-corrected chi connectivity index (χ4v) is 4.33. The van der Waals surface area contributed by atoms with Gasteiger partial charge in [-0.2, -0.15) is 0 Å². The average molecular weight is 498 g/mol. The minimum absolute atomic E-state index is 0.000466. The minimum atomic E-state index is -0.0982. The van der Waals surface area contributed by atoms with Gasteiger partial charge in [-0.1, -0.05) is 72.3 Å². The number of nitrogens with one attached hydrogen (secondary N) is 1. The molecule has 0 unspecified atom stereocenters. The lowest BCUT2D eigenvalue weighted by Gasteiger charge is -2.26. The summed E-state index contributed by atoms with van der Waals surface area (Å²) in [6, 6.07) is 25.7. The normalized spacial score (nSPS) is 14.0. The van der Waals surface area contributed by atoms with E-state index in [9.17, 15) is 9.59 Å². The van der Waals surface area contributed by atoms with Crippen molar-refractivity contribution < 1.29 is 14.3 Å². The third-order valence-corrected chi connectivity index (χ3v) is 6.37. The quantitative estimate of drug-likeness (QED) is 0.426. The molecule has 1 saturated heterocycles. The summed E-state index contributed by atoms with van der Waals surface area (Å²) in [4.78, 5) is 29.8. The summed E-state index contributed by atoms with van der Waals surface area (Å²) in [7, 11) is 0. The first kappa shape index (κ1) is 26.3. The highest BCUT2D eigenvalue weighted by molar-refractivity contribution is 6.03. The topological polar surface area (TPSA) is 61.9 Å². The average Bonchev–Trinajstić information content (AvgIpc) is 2.92. The molecule has 1 fully saturated rings. The second-order valence-electron chi connectivity index (χ2n) is 9.30. The highest BCUT2D eigenvalue weighted by Gasteiger charge is 2.15. The molecule has 0 saturated carbocycles. The predicted molar refractivity (Wildman–Crippen MR) is 148 cm³/mol. The summed E-state index contributed by atoms with van der Waals surface area (Å²) in [6.07, 6.45) is 3.76. The molecule has 37 heavy (non-hydrogen) atoms. The van der Waals surface area contributed by atoms with Crippen LogP contribution in [-0.4, -0.2) is 56.1 Å². The zero-order valence-electron chi connectivity index (χ0n) is 21.4. The molecular formula is C31H35N3O3. The number of morpholine rings is 1. The van der Waals surface area contributed by atoms with Crippen molar-refractivity contribution in [3.8, 4) is 0 Å². The minimum Gasteiger partial charge on any atom is -0.379 e. The van der Waals surface area contributed by atoms with Crippen molar-refractivity contribution in [2.24, 2.45) is 0 Å². The van der Waals surface area contributed by atoms with Gasteiger partial charge in [-0.25, -0.2) is 0 Å². The van der Waals surface area contributed by atoms with Crippen molar-refractivity contribution in [2.75, 3.05) is 44.3 Å². The number of aryl methyl sites for hydroxylation is 1. The number of anilines is 1. The molecule has 0 atom stereocenters. The Morgan fingerprint density at radius 1 is 0.946 bits per heavy atom. The molecule has 1 aliphatic heterocycles. The van der Waals surface area contributed by atoms with E-state index in [0.29, 0.717) is 19.5 Å². The van der Waals surface area contributed by atoms with Gasteiger partial charge in [-0.05, 0) is 41.8 Å². The van der Waals surface area contributed by atoms with Crippen molar-refractivity contribution >= 4 is 23.6 Å². The van der Waals surface area contributed by atoms with Gasteiger partial charge in [0.15, 0.2) is 0 Å². The number of carbonyl (C=O) groups is 2. The van der Waals surface area contributed by atoms with Gasteiger partial charge in [0.25, 0.3) is 5.91 Å². The van der Waals surface area contributed by atoms with Crippen LogP contribution in [0.1, 0.15) is 22.3 Å². The van der Waals surface area contributed by atoms with E-state index in [-0.39, 0.29) is 11.8 Å². The smallest absolute Gasteiger partial charge is 0.251 e. The molecule has 6 nitrogen and oxygen atoms in total. The molecule has 4 rings (SSSR count). The molecule has 3 aromatic rings. The standard InChI is InChI=1S/C31H35N3O3/c1-25-6-5-9-28(22-25)24-34(31(36)15-12-26-7-3-2-4-8-26)29-13-10-27(11-14-29)23-30(35)32-16-17-33-18-20-37-21-19-33/h2-15,22H,16-21,23-24H2,1H3,(H,32,35)/b15-12+. The van der Waals surface area contributed by atoms with Crippen molar-refractivity contribution in [3.63, 3.8) is 0 Å². The van der Waals surface area contributed by atoms with Gasteiger partial charge < -0.3 is 15.0 Å². The van der Waals surface area contributed by atoms with Crippen LogP contribution < -0.4 is 10.2 Å². The Morgan fingerprint density at radius 2 is 1.70 bits per heavy atom. The molecule has 0 aromatic heterocycles. The zero-order valence-corrected chi connectivity index (χ0v) is 21.4. The SMILES string of the molecule is Cc1cccc(CN(C(=O)/C=C/c2ccccc2)c2ccc(CC(=O)NCCN3CCOCC3)cc2)c1. The Morgan fingerprint density at radius 3 is 2.43 bits per heavy atom. The Hall–Kier alpha value is -3.74. The zero-order chi connectivity index (χ0) is 25.9. The van der Waals surface area contributed by atoms with Crippen LogP contribution in [0.3, 0.4) is 0 Å². The van der Waals surface area contributed by atoms with E-state index in [1.165, 1.54) is 0 Å². The van der Waals surface area contributed by atoms with Crippen LogP contribution in [-0.2, 0) is 27.3 Å². The number of nitrogens with zero attached hydrogens (tertiary/aromatic N) is 2. The molecule has 1 N–H and O–H groups in total. The van der Waals surface area contributed by atoms with Crippen LogP contribution in [0.15, 0.2) is 84.9 Å². The molecule has 2 amide bonds. The van der Waals surface area contributed by atoms with Crippen LogP contribution in [0.2, 0.25) is 0 Å². The summed E-state index contributed by atoms with van der Waals surface area (Å²) in [5, 5.41) is 3.01. The fourth-order valence-electron chi connectivity index (χ4n) is 4.33. The van der Waals surface area contributed by atoms with Crippen LogP contribution in [0, 0.1) is 6.92 Å². The van der Waals surface area contributed by atoms with Gasteiger partial charge in [-0.15, -0.1) is 0 Å². The summed E-state index contributed by atoms with van der Waals surface area (Å²) >= 11 is 0. The lowest BCUT2D eigenvalue weighted by Crippen LogP contribution is -2.41. The second-order valence-corrected chi connectivity index (χ2v) is 9.30. The van der Waals surface area contributed by atoms with E-state index >= 15 is 0 Å². The Bertz CT molecular complexity index is 1190. The van der Waals surface area contributed by atoms with Gasteiger partial charge >= 0.3 is 0 Å². The lowest BCUT2D eigenvalue weighted by molar-refractivity contribution is -0.120. The first-order valence-electron chi connectivity index (χ1n) is 12.8. The molecule has 1 heterocycles. The van der Waals surface area contributed by atoms with E-state index in [4.69, 9.17) is 4.74 Å². The van der Waals surface area contributed by atoms with Crippen LogP contribution in [0.4, 0.5) is 5.69 Å². The van der Waals surface area contributed by atoms with E-state index < -0.39 is 0 Å². The Labute approximate surface area is 219 Å². The fraction of sp³-hybridized carbons (Fsp3) is 0.290. The van der Waals surface area contributed by atoms with Crippen LogP contribution >= 0.6 is 0 Å². The van der Waals surface area contributed by atoms with Gasteiger partial charge in [0.05, 0.1) is 26.2 Å². The number of amides is 2. The summed E-state index contributed by atoms with van der Waals surface area (Å²) in [6.45, 7) is 7.31. The number of hydrogen-bond donors (Lipinski definition) is 1. The highest BCUT2D eigenvalue weighted by atomic mass is 16.5. The Balaban J connectivity index is 1.40. The lowest BCUT2D eigenvalue weighted by atomic mass is 10.1. The van der Waals surface area contributed by atoms with Gasteiger partial charge in [0, 0.05) is 37.9 Å². The molecule has 0 radical (unpaired) electrons. The summed E-state index contributed by atoms with van der Waals surface area (Å²) in [5.74, 6) is -0.0986. The summed E-state index contributed by atoms with van der Waals surface area (Å²) < 4.78 is 5.36. The number of benzene rings is 3. The first-order valence-corrected chi connectivity index (χ1v) is 12.8. The number of carbonyl (C=O) groups excluding carboxylic acids is 2. The van der Waals surface area contributed by atoms with Gasteiger partial charge in [-0.3, -0.25) is 14.5 Å². The molecule has 192 valence electrons. The second kappa shape index (κ2) is 13.5. The van der Waals surface area contributed by atoms with E-state index in [2.05, 4.69) is 16.3 Å². The van der Waals surface area contributed by atoms with Crippen molar-refractivity contribution in [2.45, 2.75) is 19.9 Å². The maximum atomic E-state index is 13.3. The van der Waals surface area contributed by atoms with E-state index in [1.54, 1.807) is 11.0 Å². The molecule has 3 aromatic carbocycles. The van der Waals surface area contributed by atoms with E-state index in [0.717, 1.165) is 60.8 Å². The van der Waals surface area contributed by atoms with Crippen molar-refractivity contribution in [1.29, 1.82) is 0 Å². The van der Waals surface area contributed by atoms with Crippen LogP contribution in [0.25, 0.3) is 6.08 Å². The first-order chi connectivity index (χ1) is 18.1. The molecule has 6 heteroatoms. The van der Waals surface area contributed by atoms with Gasteiger partial charge in [0.2, 0.25) is 5.91 Å². The van der Waals surface area contributed by atoms with Crippen molar-refractivity contribution in [3.05, 3.63) is 107 Å². The maximum absolute atomic E-state index is 13.3. The monoisotopic (exact) mass is 497 g/mol. The number of hydrogen-bond acceptors (Lipinski definition) is 4. The van der Waals surface area contributed by atoms with Gasteiger partial charge in [0.1, 0.15) is 0 Å². The largest absolute Gasteiger partial charge is 0.379 e. The third kappa shape index (κ3) is 8.41. The molecule has 0 spiro atoms. The van der Waals surface area contributed by atoms with Crippen LogP contribution in [0.5, 0.6) is 0 Å². The van der Waals surface area contributed by atoms with E-state index in [1.807, 2.05) is 85.8 Å². The molecular weight excluding hydrogens is 462 g/mol. The predicted octanol–water partition coefficient (Wildman–Crippen LogP) is 4.23. The summed E-state index contributed by atoms with van der Waals surface area (Å²) in [5.41, 5.74) is 4.89. The molecule has 0 aliphatic carbocycles. The maximum Gasteiger partial charge on any atom is 0.251 e. The third-order valence-electron chi connectivity index (χ3n) is 6.37. The number of ether oxygens (including phenoxy) is 1.